The molecule has 0 N–H and O–H groups in total. The molecule has 0 bridgehead atoms. The lowest BCUT2D eigenvalue weighted by atomic mass is 10.0. The summed E-state index contributed by atoms with van der Waals surface area (Å²) in [7, 11) is 0. The molecule has 1 amide bonds. The first-order valence-corrected chi connectivity index (χ1v) is 8.39. The molecule has 2 fully saturated rings. The zero-order valence-corrected chi connectivity index (χ0v) is 14.3. The molecule has 0 aromatic heterocycles. The number of benzene rings is 1. The van der Waals surface area contributed by atoms with Gasteiger partial charge in [0.15, 0.2) is 0 Å². The van der Waals surface area contributed by atoms with Crippen LogP contribution in [0.4, 0.5) is 0 Å². The summed E-state index contributed by atoms with van der Waals surface area (Å²) in [6.07, 6.45) is 0. The van der Waals surface area contributed by atoms with Crippen LogP contribution >= 0.6 is 0 Å². The lowest BCUT2D eigenvalue weighted by Gasteiger charge is -2.35. The number of carbonyl (C=O) groups excluding carboxylic acids is 1. The Labute approximate surface area is 134 Å². The highest BCUT2D eigenvalue weighted by Crippen LogP contribution is 2.68. The van der Waals surface area contributed by atoms with Gasteiger partial charge in [0, 0.05) is 38.6 Å². The van der Waals surface area contributed by atoms with Crippen molar-refractivity contribution in [3.05, 3.63) is 35.9 Å². The van der Waals surface area contributed by atoms with E-state index in [0.717, 1.165) is 32.7 Å². The van der Waals surface area contributed by atoms with Crippen LogP contribution in [0.25, 0.3) is 0 Å². The van der Waals surface area contributed by atoms with Crippen LogP contribution in [0.15, 0.2) is 30.3 Å². The minimum Gasteiger partial charge on any atom is -0.340 e. The summed E-state index contributed by atoms with van der Waals surface area (Å²) in [4.78, 5) is 17.3. The average Bonchev–Trinajstić information content (AvgIpc) is 2.90. The van der Waals surface area contributed by atoms with Crippen molar-refractivity contribution in [2.24, 2.45) is 16.7 Å². The van der Waals surface area contributed by atoms with Crippen LogP contribution in [0.1, 0.15) is 33.3 Å². The third-order valence-electron chi connectivity index (χ3n) is 6.20. The molecule has 0 atom stereocenters. The zero-order chi connectivity index (χ0) is 16.0. The summed E-state index contributed by atoms with van der Waals surface area (Å²) >= 11 is 0. The third kappa shape index (κ3) is 2.56. The molecule has 1 aromatic carbocycles. The van der Waals surface area contributed by atoms with Crippen molar-refractivity contribution in [2.45, 2.75) is 34.2 Å². The van der Waals surface area contributed by atoms with Gasteiger partial charge in [-0.05, 0) is 16.4 Å². The van der Waals surface area contributed by atoms with Gasteiger partial charge in [-0.3, -0.25) is 9.69 Å². The van der Waals surface area contributed by atoms with Gasteiger partial charge in [0.2, 0.25) is 5.91 Å². The van der Waals surface area contributed by atoms with Gasteiger partial charge < -0.3 is 4.90 Å². The summed E-state index contributed by atoms with van der Waals surface area (Å²) in [5, 5.41) is 0. The molecule has 1 aliphatic carbocycles. The van der Waals surface area contributed by atoms with Crippen LogP contribution in [-0.4, -0.2) is 41.9 Å². The van der Waals surface area contributed by atoms with Gasteiger partial charge in [0.1, 0.15) is 0 Å². The summed E-state index contributed by atoms with van der Waals surface area (Å²) < 4.78 is 0. The quantitative estimate of drug-likeness (QED) is 0.856. The van der Waals surface area contributed by atoms with Crippen molar-refractivity contribution in [3.8, 4) is 0 Å². The largest absolute Gasteiger partial charge is 0.340 e. The van der Waals surface area contributed by atoms with E-state index in [1.165, 1.54) is 5.56 Å². The van der Waals surface area contributed by atoms with E-state index >= 15 is 0 Å². The number of carbonyl (C=O) groups is 1. The van der Waals surface area contributed by atoms with Crippen molar-refractivity contribution in [3.63, 3.8) is 0 Å². The van der Waals surface area contributed by atoms with Crippen LogP contribution in [0.2, 0.25) is 0 Å². The first-order valence-electron chi connectivity index (χ1n) is 8.39. The van der Waals surface area contributed by atoms with Crippen molar-refractivity contribution in [1.82, 2.24) is 9.80 Å². The Kier molecular flexibility index (Phi) is 3.80. The molecule has 1 saturated carbocycles. The molecule has 1 aliphatic heterocycles. The molecule has 1 aromatic rings. The molecule has 3 rings (SSSR count). The predicted molar refractivity (Wildman–Crippen MR) is 89.4 cm³/mol. The highest BCUT2D eigenvalue weighted by atomic mass is 16.2. The molecule has 3 nitrogen and oxygen atoms in total. The maximum absolute atomic E-state index is 12.8. The molecule has 1 heterocycles. The highest BCUT2D eigenvalue weighted by Gasteiger charge is 2.68. The summed E-state index contributed by atoms with van der Waals surface area (Å²) in [6.45, 7) is 13.6. The van der Waals surface area contributed by atoms with Crippen LogP contribution in [0, 0.1) is 16.7 Å². The van der Waals surface area contributed by atoms with Gasteiger partial charge >= 0.3 is 0 Å². The fourth-order valence-electron chi connectivity index (χ4n) is 3.96. The Morgan fingerprint density at radius 3 is 2.05 bits per heavy atom. The second kappa shape index (κ2) is 5.38. The summed E-state index contributed by atoms with van der Waals surface area (Å²) in [5.74, 6) is 0.565. The number of nitrogens with zero attached hydrogens (tertiary/aromatic N) is 2. The third-order valence-corrected chi connectivity index (χ3v) is 6.20. The Morgan fingerprint density at radius 1 is 1.00 bits per heavy atom. The molecule has 0 spiro atoms. The molecular formula is C19H28N2O. The fourth-order valence-corrected chi connectivity index (χ4v) is 3.96. The van der Waals surface area contributed by atoms with Gasteiger partial charge in [0.05, 0.1) is 0 Å². The number of hydrogen-bond donors (Lipinski definition) is 0. The maximum Gasteiger partial charge on any atom is 0.226 e. The minimum absolute atomic E-state index is 0.144. The van der Waals surface area contributed by atoms with Crippen LogP contribution in [0.5, 0.6) is 0 Å². The highest BCUT2D eigenvalue weighted by molar-refractivity contribution is 5.84. The Balaban J connectivity index is 1.53. The van der Waals surface area contributed by atoms with Crippen molar-refractivity contribution in [1.29, 1.82) is 0 Å². The topological polar surface area (TPSA) is 23.6 Å². The van der Waals surface area contributed by atoms with Gasteiger partial charge in [-0.15, -0.1) is 0 Å². The second-order valence-electron chi connectivity index (χ2n) is 7.96. The van der Waals surface area contributed by atoms with Gasteiger partial charge in [-0.1, -0.05) is 58.0 Å². The summed E-state index contributed by atoms with van der Waals surface area (Å²) in [5.41, 5.74) is 1.64. The van der Waals surface area contributed by atoms with E-state index < -0.39 is 0 Å². The normalized spacial score (nSPS) is 24.3. The molecule has 3 heteroatoms. The molecular weight excluding hydrogens is 272 g/mol. The van der Waals surface area contributed by atoms with E-state index in [1.54, 1.807) is 0 Å². The van der Waals surface area contributed by atoms with Crippen LogP contribution in [0.3, 0.4) is 0 Å². The Bertz CT molecular complexity index is 528. The standard InChI is InChI=1S/C19H28N2O/c1-18(2)16(19(18,3)4)17(22)21-12-10-20(11-13-21)14-15-8-6-5-7-9-15/h5-9,16H,10-14H2,1-4H3. The fraction of sp³-hybridized carbons (Fsp3) is 0.632. The number of rotatable bonds is 3. The molecule has 2 aliphatic rings. The SMILES string of the molecule is CC1(C)C(C(=O)N2CCN(Cc3ccccc3)CC2)C1(C)C. The molecule has 1 saturated heterocycles. The van der Waals surface area contributed by atoms with Gasteiger partial charge in [-0.2, -0.15) is 0 Å². The van der Waals surface area contributed by atoms with Crippen molar-refractivity contribution in [2.75, 3.05) is 26.2 Å². The Morgan fingerprint density at radius 2 is 1.55 bits per heavy atom. The molecule has 0 unspecified atom stereocenters. The number of amides is 1. The lowest BCUT2D eigenvalue weighted by Crippen LogP contribution is -2.49. The first-order chi connectivity index (χ1) is 10.3. The van der Waals surface area contributed by atoms with E-state index in [4.69, 9.17) is 0 Å². The Hall–Kier alpha value is -1.35. The summed E-state index contributed by atoms with van der Waals surface area (Å²) in [6, 6.07) is 10.6. The maximum atomic E-state index is 12.8. The van der Waals surface area contributed by atoms with Crippen molar-refractivity contribution >= 4 is 5.91 Å². The van der Waals surface area contributed by atoms with E-state index in [0.29, 0.717) is 5.91 Å². The molecule has 0 radical (unpaired) electrons. The van der Waals surface area contributed by atoms with E-state index in [-0.39, 0.29) is 16.7 Å². The van der Waals surface area contributed by atoms with Crippen molar-refractivity contribution < 1.29 is 4.79 Å². The monoisotopic (exact) mass is 300 g/mol. The second-order valence-corrected chi connectivity index (χ2v) is 7.96. The van der Waals surface area contributed by atoms with Gasteiger partial charge in [0.25, 0.3) is 0 Å². The smallest absolute Gasteiger partial charge is 0.226 e. The lowest BCUT2D eigenvalue weighted by molar-refractivity contribution is -0.135. The molecule has 120 valence electrons. The predicted octanol–water partition coefficient (Wildman–Crippen LogP) is 3.01. The van der Waals surface area contributed by atoms with E-state index in [1.807, 2.05) is 0 Å². The zero-order valence-electron chi connectivity index (χ0n) is 14.3. The minimum atomic E-state index is 0.144. The first kappa shape index (κ1) is 15.5. The van der Waals surface area contributed by atoms with Crippen LogP contribution < -0.4 is 0 Å². The average molecular weight is 300 g/mol. The van der Waals surface area contributed by atoms with Crippen LogP contribution in [-0.2, 0) is 11.3 Å². The molecule has 22 heavy (non-hydrogen) atoms. The van der Waals surface area contributed by atoms with E-state index in [2.05, 4.69) is 67.8 Å². The van der Waals surface area contributed by atoms with E-state index in [9.17, 15) is 4.79 Å². The number of piperazine rings is 1. The number of hydrogen-bond acceptors (Lipinski definition) is 2. The van der Waals surface area contributed by atoms with Gasteiger partial charge in [-0.25, -0.2) is 0 Å².